The topological polar surface area (TPSA) is 9.23 Å². The van der Waals surface area contributed by atoms with Crippen LogP contribution in [0.2, 0.25) is 0 Å². The number of alkyl halides is 3. The summed E-state index contributed by atoms with van der Waals surface area (Å²) in [6.45, 7) is 1.76. The summed E-state index contributed by atoms with van der Waals surface area (Å²) in [7, 11) is 0. The second kappa shape index (κ2) is 5.89. The van der Waals surface area contributed by atoms with Gasteiger partial charge in [-0.1, -0.05) is 13.0 Å². The Kier molecular flexibility index (Phi) is 4.78. The third-order valence-corrected chi connectivity index (χ3v) is 2.28. The molecule has 96 valence electrons. The molecule has 0 unspecified atom stereocenters. The lowest BCUT2D eigenvalue weighted by Gasteiger charge is -2.09. The van der Waals surface area contributed by atoms with Gasteiger partial charge in [-0.15, -0.1) is 0 Å². The summed E-state index contributed by atoms with van der Waals surface area (Å²) in [5, 5.41) is 0. The Hall–Kier alpha value is -1.26. The zero-order valence-corrected chi connectivity index (χ0v) is 9.48. The molecule has 1 rings (SSSR count). The fourth-order valence-corrected chi connectivity index (χ4v) is 1.37. The van der Waals surface area contributed by atoms with Gasteiger partial charge >= 0.3 is 6.18 Å². The van der Waals surface area contributed by atoms with Crippen LogP contribution < -0.4 is 4.74 Å². The van der Waals surface area contributed by atoms with Crippen LogP contribution in [0.3, 0.4) is 0 Å². The van der Waals surface area contributed by atoms with E-state index in [0.717, 1.165) is 0 Å². The van der Waals surface area contributed by atoms with E-state index in [4.69, 9.17) is 4.74 Å². The molecule has 0 saturated heterocycles. The van der Waals surface area contributed by atoms with Gasteiger partial charge in [-0.05, 0) is 24.5 Å². The van der Waals surface area contributed by atoms with Crippen LogP contribution in [0.15, 0.2) is 18.2 Å². The van der Waals surface area contributed by atoms with Crippen molar-refractivity contribution in [3.8, 4) is 5.75 Å². The van der Waals surface area contributed by atoms with Gasteiger partial charge in [-0.25, -0.2) is 4.39 Å². The number of benzene rings is 1. The zero-order valence-electron chi connectivity index (χ0n) is 9.48. The van der Waals surface area contributed by atoms with Gasteiger partial charge in [0.05, 0.1) is 6.61 Å². The first kappa shape index (κ1) is 13.8. The zero-order chi connectivity index (χ0) is 12.9. The first-order valence-electron chi connectivity index (χ1n) is 5.40. The molecule has 1 aromatic rings. The molecule has 0 atom stereocenters. The summed E-state index contributed by atoms with van der Waals surface area (Å²) in [5.41, 5.74) is 0.563. The van der Waals surface area contributed by atoms with Crippen molar-refractivity contribution in [3.63, 3.8) is 0 Å². The maximum Gasteiger partial charge on any atom is 0.389 e. The van der Waals surface area contributed by atoms with E-state index in [9.17, 15) is 17.6 Å². The minimum absolute atomic E-state index is 0.0651. The van der Waals surface area contributed by atoms with E-state index >= 15 is 0 Å². The highest BCUT2D eigenvalue weighted by atomic mass is 19.4. The summed E-state index contributed by atoms with van der Waals surface area (Å²) in [6.07, 6.45) is -4.61. The molecule has 0 aliphatic heterocycles. The molecule has 0 fully saturated rings. The van der Waals surface area contributed by atoms with Crippen LogP contribution in [0.4, 0.5) is 17.6 Å². The lowest BCUT2D eigenvalue weighted by atomic mass is 10.1. The van der Waals surface area contributed by atoms with E-state index in [1.54, 1.807) is 12.1 Å². The van der Waals surface area contributed by atoms with Crippen molar-refractivity contribution < 1.29 is 22.3 Å². The molecule has 0 aromatic heterocycles. The molecular weight excluding hydrogens is 236 g/mol. The maximum atomic E-state index is 13.3. The minimum Gasteiger partial charge on any atom is -0.493 e. The van der Waals surface area contributed by atoms with E-state index in [0.29, 0.717) is 12.0 Å². The van der Waals surface area contributed by atoms with Crippen LogP contribution in [0, 0.1) is 5.82 Å². The molecule has 0 saturated carbocycles. The van der Waals surface area contributed by atoms with Crippen LogP contribution in [-0.2, 0) is 6.42 Å². The van der Waals surface area contributed by atoms with Crippen LogP contribution in [0.1, 0.15) is 25.3 Å². The lowest BCUT2D eigenvalue weighted by molar-refractivity contribution is -0.136. The number of hydrogen-bond acceptors (Lipinski definition) is 1. The normalized spacial score (nSPS) is 11.6. The number of aryl methyl sites for hydroxylation is 1. The SMILES string of the molecule is CCc1ccc(OCCCC(F)(F)F)cc1F. The fourth-order valence-electron chi connectivity index (χ4n) is 1.37. The van der Waals surface area contributed by atoms with Crippen molar-refractivity contribution in [2.75, 3.05) is 6.61 Å². The van der Waals surface area contributed by atoms with Gasteiger partial charge in [0.1, 0.15) is 11.6 Å². The van der Waals surface area contributed by atoms with E-state index in [-0.39, 0.29) is 24.6 Å². The van der Waals surface area contributed by atoms with Gasteiger partial charge in [0.2, 0.25) is 0 Å². The molecular formula is C12H14F4O. The van der Waals surface area contributed by atoms with Gasteiger partial charge < -0.3 is 4.74 Å². The molecule has 0 bridgehead atoms. The molecule has 0 heterocycles. The predicted molar refractivity (Wildman–Crippen MR) is 56.6 cm³/mol. The standard InChI is InChI=1S/C12H14F4O/c1-2-9-4-5-10(8-11(9)13)17-7-3-6-12(14,15)16/h4-5,8H,2-3,6-7H2,1H3. The van der Waals surface area contributed by atoms with E-state index in [1.165, 1.54) is 6.07 Å². The molecule has 5 heteroatoms. The second-order valence-corrected chi connectivity index (χ2v) is 3.67. The van der Waals surface area contributed by atoms with Gasteiger partial charge in [0.25, 0.3) is 0 Å². The second-order valence-electron chi connectivity index (χ2n) is 3.67. The summed E-state index contributed by atoms with van der Waals surface area (Å²) >= 11 is 0. The summed E-state index contributed by atoms with van der Waals surface area (Å²) < 4.78 is 53.8. The van der Waals surface area contributed by atoms with Crippen molar-refractivity contribution in [2.45, 2.75) is 32.4 Å². The Balaban J connectivity index is 2.40. The first-order chi connectivity index (χ1) is 7.92. The Bertz CT molecular complexity index is 360. The van der Waals surface area contributed by atoms with Crippen molar-refractivity contribution in [1.82, 2.24) is 0 Å². The number of hydrogen-bond donors (Lipinski definition) is 0. The van der Waals surface area contributed by atoms with Crippen LogP contribution >= 0.6 is 0 Å². The summed E-state index contributed by atoms with van der Waals surface area (Å²) in [5.74, 6) is -0.123. The van der Waals surface area contributed by atoms with Gasteiger partial charge in [-0.2, -0.15) is 13.2 Å². The fraction of sp³-hybridized carbons (Fsp3) is 0.500. The number of halogens is 4. The molecule has 1 nitrogen and oxygen atoms in total. The highest BCUT2D eigenvalue weighted by Crippen LogP contribution is 2.22. The monoisotopic (exact) mass is 250 g/mol. The van der Waals surface area contributed by atoms with E-state index in [2.05, 4.69) is 0 Å². The molecule has 0 amide bonds. The first-order valence-corrected chi connectivity index (χ1v) is 5.40. The molecule has 0 aliphatic rings. The average Bonchev–Trinajstić information content (AvgIpc) is 2.23. The highest BCUT2D eigenvalue weighted by Gasteiger charge is 2.26. The molecule has 17 heavy (non-hydrogen) atoms. The van der Waals surface area contributed by atoms with Gasteiger partial charge in [-0.3, -0.25) is 0 Å². The van der Waals surface area contributed by atoms with Crippen LogP contribution in [0.25, 0.3) is 0 Å². The van der Waals surface area contributed by atoms with Crippen LogP contribution in [-0.4, -0.2) is 12.8 Å². The van der Waals surface area contributed by atoms with Gasteiger partial charge in [0.15, 0.2) is 0 Å². The third kappa shape index (κ3) is 5.06. The van der Waals surface area contributed by atoms with E-state index < -0.39 is 12.6 Å². The van der Waals surface area contributed by atoms with Crippen LogP contribution in [0.5, 0.6) is 5.75 Å². The molecule has 0 spiro atoms. The van der Waals surface area contributed by atoms with Gasteiger partial charge in [0, 0.05) is 12.5 Å². The van der Waals surface area contributed by atoms with Crippen molar-refractivity contribution in [3.05, 3.63) is 29.6 Å². The van der Waals surface area contributed by atoms with Crippen molar-refractivity contribution in [2.24, 2.45) is 0 Å². The Morgan fingerprint density at radius 3 is 2.47 bits per heavy atom. The lowest BCUT2D eigenvalue weighted by Crippen LogP contribution is -2.09. The Labute approximate surface area is 97.4 Å². The summed E-state index contributed by atoms with van der Waals surface area (Å²) in [4.78, 5) is 0. The quantitative estimate of drug-likeness (QED) is 0.564. The average molecular weight is 250 g/mol. The Morgan fingerprint density at radius 1 is 1.24 bits per heavy atom. The third-order valence-electron chi connectivity index (χ3n) is 2.28. The number of rotatable bonds is 5. The highest BCUT2D eigenvalue weighted by molar-refractivity contribution is 5.28. The maximum absolute atomic E-state index is 13.3. The summed E-state index contributed by atoms with van der Waals surface area (Å²) in [6, 6.07) is 4.34. The molecule has 0 radical (unpaired) electrons. The minimum atomic E-state index is -4.17. The predicted octanol–water partition coefficient (Wildman–Crippen LogP) is 4.11. The molecule has 1 aromatic carbocycles. The largest absolute Gasteiger partial charge is 0.493 e. The molecule has 0 aliphatic carbocycles. The van der Waals surface area contributed by atoms with E-state index in [1.807, 2.05) is 6.92 Å². The molecule has 0 N–H and O–H groups in total. The Morgan fingerprint density at radius 2 is 1.94 bits per heavy atom. The number of ether oxygens (including phenoxy) is 1. The van der Waals surface area contributed by atoms with Crippen molar-refractivity contribution >= 4 is 0 Å². The smallest absolute Gasteiger partial charge is 0.389 e. The van der Waals surface area contributed by atoms with Crippen molar-refractivity contribution in [1.29, 1.82) is 0 Å².